The topological polar surface area (TPSA) is 38.0 Å². The number of rotatable bonds is 3. The number of benzene rings is 1. The van der Waals surface area contributed by atoms with Gasteiger partial charge in [0.15, 0.2) is 0 Å². The number of anilines is 2. The fourth-order valence-corrected chi connectivity index (χ4v) is 3.24. The number of hydrogen-bond donors (Lipinski definition) is 2. The molecule has 0 radical (unpaired) electrons. The summed E-state index contributed by atoms with van der Waals surface area (Å²) in [6, 6.07) is 4.33. The highest BCUT2D eigenvalue weighted by molar-refractivity contribution is 5.58. The first kappa shape index (κ1) is 16.0. The van der Waals surface area contributed by atoms with Crippen molar-refractivity contribution in [1.29, 1.82) is 0 Å². The van der Waals surface area contributed by atoms with Crippen molar-refractivity contribution in [1.82, 2.24) is 0 Å². The average molecular weight is 300 g/mol. The molecule has 118 valence electrons. The maximum atomic E-state index is 12.9. The Morgan fingerprint density at radius 3 is 2.48 bits per heavy atom. The fraction of sp³-hybridized carbons (Fsp3) is 0.625. The Labute approximate surface area is 123 Å². The van der Waals surface area contributed by atoms with Gasteiger partial charge < -0.3 is 11.1 Å². The van der Waals surface area contributed by atoms with Gasteiger partial charge >= 0.3 is 6.18 Å². The van der Waals surface area contributed by atoms with Gasteiger partial charge in [0.2, 0.25) is 0 Å². The first-order valence-corrected chi connectivity index (χ1v) is 7.52. The summed E-state index contributed by atoms with van der Waals surface area (Å²) in [4.78, 5) is 0. The van der Waals surface area contributed by atoms with E-state index in [2.05, 4.69) is 19.2 Å². The van der Waals surface area contributed by atoms with Gasteiger partial charge in [-0.2, -0.15) is 13.2 Å². The first-order valence-electron chi connectivity index (χ1n) is 7.52. The van der Waals surface area contributed by atoms with E-state index in [-0.39, 0.29) is 11.7 Å². The van der Waals surface area contributed by atoms with Crippen LogP contribution in [0.25, 0.3) is 0 Å². The highest BCUT2D eigenvalue weighted by atomic mass is 19.4. The number of nitrogens with one attached hydrogen (secondary N) is 1. The molecule has 1 aromatic carbocycles. The summed E-state index contributed by atoms with van der Waals surface area (Å²) < 4.78 is 38.7. The Kier molecular flexibility index (Phi) is 4.69. The van der Waals surface area contributed by atoms with Gasteiger partial charge in [-0.3, -0.25) is 0 Å². The Hall–Kier alpha value is -1.39. The molecule has 2 rings (SSSR count). The van der Waals surface area contributed by atoms with E-state index in [4.69, 9.17) is 5.73 Å². The van der Waals surface area contributed by atoms with E-state index in [1.807, 2.05) is 0 Å². The van der Waals surface area contributed by atoms with E-state index >= 15 is 0 Å². The summed E-state index contributed by atoms with van der Waals surface area (Å²) in [5.41, 5.74) is 4.96. The van der Waals surface area contributed by atoms with Gasteiger partial charge in [-0.05, 0) is 42.9 Å². The lowest BCUT2D eigenvalue weighted by Crippen LogP contribution is -2.35. The largest absolute Gasteiger partial charge is 0.418 e. The lowest BCUT2D eigenvalue weighted by molar-refractivity contribution is -0.136. The third-order valence-electron chi connectivity index (χ3n) is 4.39. The Morgan fingerprint density at radius 1 is 1.19 bits per heavy atom. The van der Waals surface area contributed by atoms with Crippen molar-refractivity contribution in [2.24, 2.45) is 11.8 Å². The summed E-state index contributed by atoms with van der Waals surface area (Å²) in [5, 5.41) is 3.30. The molecule has 1 fully saturated rings. The average Bonchev–Trinajstić information content (AvgIpc) is 2.40. The lowest BCUT2D eigenvalue weighted by Gasteiger charge is -2.35. The van der Waals surface area contributed by atoms with Gasteiger partial charge in [0, 0.05) is 17.4 Å². The number of nitrogens with two attached hydrogens (primary N) is 1. The zero-order chi connectivity index (χ0) is 15.6. The van der Waals surface area contributed by atoms with E-state index in [0.717, 1.165) is 25.3 Å². The molecule has 0 saturated heterocycles. The molecule has 21 heavy (non-hydrogen) atoms. The predicted octanol–water partition coefficient (Wildman–Crippen LogP) is 4.91. The summed E-state index contributed by atoms with van der Waals surface area (Å²) in [6.45, 7) is 4.35. The summed E-state index contributed by atoms with van der Waals surface area (Å²) in [6.07, 6.45) is 0.0648. The Bertz CT molecular complexity index is 483. The predicted molar refractivity (Wildman–Crippen MR) is 80.1 cm³/mol. The van der Waals surface area contributed by atoms with Crippen LogP contribution in [0.3, 0.4) is 0 Å². The third kappa shape index (κ3) is 3.83. The Morgan fingerprint density at radius 2 is 1.86 bits per heavy atom. The molecule has 2 nitrogen and oxygen atoms in total. The van der Waals surface area contributed by atoms with Gasteiger partial charge in [-0.1, -0.05) is 26.7 Å². The van der Waals surface area contributed by atoms with Crippen LogP contribution in [0.5, 0.6) is 0 Å². The highest BCUT2D eigenvalue weighted by Gasteiger charge is 2.34. The molecule has 2 atom stereocenters. The van der Waals surface area contributed by atoms with Gasteiger partial charge in [-0.15, -0.1) is 0 Å². The SMILES string of the molecule is CC(C)C1CCCCC1Nc1ccc(N)c(C(F)(F)F)c1. The quantitative estimate of drug-likeness (QED) is 0.778. The van der Waals surface area contributed by atoms with Crippen LogP contribution in [0, 0.1) is 11.8 Å². The lowest BCUT2D eigenvalue weighted by atomic mass is 9.78. The molecule has 0 spiro atoms. The molecule has 0 bridgehead atoms. The minimum atomic E-state index is -4.41. The molecular formula is C16H23F3N2. The van der Waals surface area contributed by atoms with Crippen molar-refractivity contribution < 1.29 is 13.2 Å². The first-order chi connectivity index (χ1) is 9.79. The minimum Gasteiger partial charge on any atom is -0.398 e. The molecule has 3 N–H and O–H groups in total. The maximum Gasteiger partial charge on any atom is 0.418 e. The van der Waals surface area contributed by atoms with Crippen molar-refractivity contribution in [3.8, 4) is 0 Å². The summed E-state index contributed by atoms with van der Waals surface area (Å²) in [5.74, 6) is 1.03. The number of nitrogen functional groups attached to an aromatic ring is 1. The van der Waals surface area contributed by atoms with Crippen LogP contribution in [0.15, 0.2) is 18.2 Å². The molecule has 0 aromatic heterocycles. The third-order valence-corrected chi connectivity index (χ3v) is 4.39. The van der Waals surface area contributed by atoms with Crippen LogP contribution in [-0.2, 0) is 6.18 Å². The molecule has 0 heterocycles. The molecule has 1 saturated carbocycles. The van der Waals surface area contributed by atoms with Crippen molar-refractivity contribution in [3.05, 3.63) is 23.8 Å². The van der Waals surface area contributed by atoms with Gasteiger partial charge in [0.1, 0.15) is 0 Å². The van der Waals surface area contributed by atoms with Crippen LogP contribution in [0.1, 0.15) is 45.1 Å². The van der Waals surface area contributed by atoms with E-state index in [9.17, 15) is 13.2 Å². The van der Waals surface area contributed by atoms with Crippen LogP contribution in [0.2, 0.25) is 0 Å². The number of alkyl halides is 3. The van der Waals surface area contributed by atoms with Gasteiger partial charge in [0.25, 0.3) is 0 Å². The van der Waals surface area contributed by atoms with Crippen molar-refractivity contribution in [3.63, 3.8) is 0 Å². The van der Waals surface area contributed by atoms with Crippen LogP contribution >= 0.6 is 0 Å². The molecule has 1 aliphatic rings. The molecule has 1 aromatic rings. The molecule has 0 amide bonds. The van der Waals surface area contributed by atoms with Crippen LogP contribution in [-0.4, -0.2) is 6.04 Å². The van der Waals surface area contributed by atoms with Gasteiger partial charge in [-0.25, -0.2) is 0 Å². The van der Waals surface area contributed by atoms with E-state index in [0.29, 0.717) is 17.5 Å². The molecule has 2 unspecified atom stereocenters. The van der Waals surface area contributed by atoms with E-state index in [1.54, 1.807) is 6.07 Å². The molecule has 1 aliphatic carbocycles. The maximum absolute atomic E-state index is 12.9. The molecule has 0 aliphatic heterocycles. The second kappa shape index (κ2) is 6.16. The zero-order valence-corrected chi connectivity index (χ0v) is 12.5. The minimum absolute atomic E-state index is 0.225. The smallest absolute Gasteiger partial charge is 0.398 e. The standard InChI is InChI=1S/C16H23F3N2/c1-10(2)12-5-3-4-6-15(12)21-11-7-8-14(20)13(9-11)16(17,18)19/h7-10,12,15,21H,3-6,20H2,1-2H3. The van der Waals surface area contributed by atoms with Crippen molar-refractivity contribution >= 4 is 11.4 Å². The van der Waals surface area contributed by atoms with Crippen molar-refractivity contribution in [2.75, 3.05) is 11.1 Å². The number of halogens is 3. The molecular weight excluding hydrogens is 277 g/mol. The second-order valence-corrected chi connectivity index (χ2v) is 6.24. The summed E-state index contributed by atoms with van der Waals surface area (Å²) >= 11 is 0. The summed E-state index contributed by atoms with van der Waals surface area (Å²) in [7, 11) is 0. The van der Waals surface area contributed by atoms with Crippen LogP contribution in [0.4, 0.5) is 24.5 Å². The van der Waals surface area contributed by atoms with E-state index < -0.39 is 11.7 Å². The molecule has 5 heteroatoms. The van der Waals surface area contributed by atoms with E-state index in [1.165, 1.54) is 12.5 Å². The van der Waals surface area contributed by atoms with Crippen molar-refractivity contribution in [2.45, 2.75) is 51.7 Å². The zero-order valence-electron chi connectivity index (χ0n) is 12.5. The number of hydrogen-bond acceptors (Lipinski definition) is 2. The Balaban J connectivity index is 2.19. The monoisotopic (exact) mass is 300 g/mol. The highest BCUT2D eigenvalue weighted by Crippen LogP contribution is 2.37. The normalized spacial score (nSPS) is 23.3. The van der Waals surface area contributed by atoms with Gasteiger partial charge in [0.05, 0.1) is 5.56 Å². The fourth-order valence-electron chi connectivity index (χ4n) is 3.24. The second-order valence-electron chi connectivity index (χ2n) is 6.24. The van der Waals surface area contributed by atoms with Crippen LogP contribution < -0.4 is 11.1 Å².